The van der Waals surface area contributed by atoms with Crippen molar-refractivity contribution in [1.29, 1.82) is 0 Å². The van der Waals surface area contributed by atoms with Gasteiger partial charge in [0.05, 0.1) is 9.21 Å². The lowest BCUT2D eigenvalue weighted by atomic mass is 10.2. The number of aliphatic carboxylic acids is 1. The molecule has 1 aromatic rings. The van der Waals surface area contributed by atoms with Gasteiger partial charge in [-0.25, -0.2) is 4.79 Å². The molecule has 0 aromatic carbocycles. The lowest BCUT2D eigenvalue weighted by Crippen LogP contribution is -2.41. The normalized spacial score (nSPS) is 12.1. The Morgan fingerprint density at radius 1 is 1.50 bits per heavy atom. The fourth-order valence-corrected chi connectivity index (χ4v) is 2.00. The highest BCUT2D eigenvalue weighted by Crippen LogP contribution is 2.21. The lowest BCUT2D eigenvalue weighted by molar-refractivity contribution is -0.139. The number of nitrogens with one attached hydrogen (secondary N) is 1. The number of rotatable bonds is 5. The summed E-state index contributed by atoms with van der Waals surface area (Å²) in [6.45, 7) is -0.303. The summed E-state index contributed by atoms with van der Waals surface area (Å²) in [7, 11) is 0. The largest absolute Gasteiger partial charge is 0.480 e. The zero-order valence-corrected chi connectivity index (χ0v) is 9.72. The fraction of sp³-hybridized carbons (Fsp3) is 0.333. The van der Waals surface area contributed by atoms with Crippen molar-refractivity contribution in [2.75, 3.05) is 6.61 Å². The smallest absolute Gasteiger partial charge is 0.326 e. The summed E-state index contributed by atoms with van der Waals surface area (Å²) in [6, 6.07) is 1.99. The first kappa shape index (κ1) is 13.0. The minimum absolute atomic E-state index is 0.0276. The Labute approximate surface area is 101 Å². The van der Waals surface area contributed by atoms with E-state index in [0.717, 1.165) is 11.3 Å². The van der Waals surface area contributed by atoms with Crippen LogP contribution in [-0.2, 0) is 4.79 Å². The van der Waals surface area contributed by atoms with Crippen LogP contribution in [0.15, 0.2) is 12.1 Å². The van der Waals surface area contributed by atoms with Gasteiger partial charge in [-0.15, -0.1) is 11.3 Å². The molecular formula is C9H10ClNO4S. The summed E-state index contributed by atoms with van der Waals surface area (Å²) in [5.41, 5.74) is 0. The summed E-state index contributed by atoms with van der Waals surface area (Å²) in [5.74, 6) is -1.68. The van der Waals surface area contributed by atoms with Crippen LogP contribution in [0.3, 0.4) is 0 Å². The third kappa shape index (κ3) is 3.48. The van der Waals surface area contributed by atoms with Crippen LogP contribution in [0, 0.1) is 0 Å². The van der Waals surface area contributed by atoms with Crippen LogP contribution in [0.1, 0.15) is 16.1 Å². The molecule has 1 heterocycles. The number of carbonyl (C=O) groups is 2. The number of aliphatic hydroxyl groups is 1. The van der Waals surface area contributed by atoms with E-state index < -0.39 is 17.9 Å². The predicted octanol–water partition coefficient (Wildman–Crippen LogP) is 0.967. The van der Waals surface area contributed by atoms with Gasteiger partial charge in [-0.2, -0.15) is 0 Å². The number of carbonyl (C=O) groups excluding carboxylic acids is 1. The summed E-state index contributed by atoms with van der Waals surface area (Å²) in [4.78, 5) is 22.6. The average Bonchev–Trinajstić information content (AvgIpc) is 2.64. The van der Waals surface area contributed by atoms with Gasteiger partial charge < -0.3 is 15.5 Å². The van der Waals surface area contributed by atoms with E-state index in [1.165, 1.54) is 6.07 Å². The second-order valence-electron chi connectivity index (χ2n) is 2.98. The van der Waals surface area contributed by atoms with Gasteiger partial charge in [0.2, 0.25) is 0 Å². The molecule has 0 unspecified atom stereocenters. The van der Waals surface area contributed by atoms with E-state index >= 15 is 0 Å². The lowest BCUT2D eigenvalue weighted by Gasteiger charge is -2.11. The quantitative estimate of drug-likeness (QED) is 0.739. The third-order valence-corrected chi connectivity index (χ3v) is 3.05. The van der Waals surface area contributed by atoms with Gasteiger partial charge in [-0.3, -0.25) is 4.79 Å². The van der Waals surface area contributed by atoms with E-state index in [4.69, 9.17) is 21.8 Å². The summed E-state index contributed by atoms with van der Waals surface area (Å²) < 4.78 is 0.458. The van der Waals surface area contributed by atoms with Gasteiger partial charge >= 0.3 is 5.97 Å². The molecular weight excluding hydrogens is 254 g/mol. The number of hydrogen-bond acceptors (Lipinski definition) is 4. The summed E-state index contributed by atoms with van der Waals surface area (Å²) >= 11 is 6.71. The van der Waals surface area contributed by atoms with Crippen LogP contribution < -0.4 is 5.32 Å². The van der Waals surface area contributed by atoms with Crippen molar-refractivity contribution in [2.45, 2.75) is 12.5 Å². The summed E-state index contributed by atoms with van der Waals surface area (Å²) in [6.07, 6.45) is -0.0276. The standard InChI is InChI=1S/C9H10ClNO4S/c10-7-2-1-6(16-7)8(13)11-5(3-4-12)9(14)15/h1-2,5,12H,3-4H2,(H,11,13)(H,14,15)/t5-/m1/s1. The van der Waals surface area contributed by atoms with Crippen LogP contribution in [0.25, 0.3) is 0 Å². The molecule has 0 aliphatic heterocycles. The van der Waals surface area contributed by atoms with Gasteiger partial charge in [-0.05, 0) is 12.1 Å². The first-order valence-corrected chi connectivity index (χ1v) is 5.64. The van der Waals surface area contributed by atoms with Crippen molar-refractivity contribution in [3.8, 4) is 0 Å². The number of carboxylic acids is 1. The molecule has 5 nitrogen and oxygen atoms in total. The molecule has 0 bridgehead atoms. The Kier molecular flexibility index (Phi) is 4.72. The Morgan fingerprint density at radius 2 is 2.19 bits per heavy atom. The molecule has 0 fully saturated rings. The molecule has 7 heteroatoms. The summed E-state index contributed by atoms with van der Waals surface area (Å²) in [5, 5.41) is 19.7. The zero-order chi connectivity index (χ0) is 12.1. The maximum absolute atomic E-state index is 11.5. The highest BCUT2D eigenvalue weighted by Gasteiger charge is 2.20. The molecule has 1 atom stereocenters. The molecule has 3 N–H and O–H groups in total. The molecule has 0 aliphatic carbocycles. The second kappa shape index (κ2) is 5.83. The number of amides is 1. The van der Waals surface area contributed by atoms with E-state index in [9.17, 15) is 9.59 Å². The van der Waals surface area contributed by atoms with Crippen molar-refractivity contribution in [3.05, 3.63) is 21.3 Å². The Bertz CT molecular complexity index is 393. The van der Waals surface area contributed by atoms with Crippen LogP contribution in [0.4, 0.5) is 0 Å². The van der Waals surface area contributed by atoms with Crippen LogP contribution in [0.5, 0.6) is 0 Å². The third-order valence-electron chi connectivity index (χ3n) is 1.82. The maximum Gasteiger partial charge on any atom is 0.326 e. The van der Waals surface area contributed by atoms with E-state index in [-0.39, 0.29) is 13.0 Å². The van der Waals surface area contributed by atoms with Gasteiger partial charge in [0.1, 0.15) is 6.04 Å². The van der Waals surface area contributed by atoms with E-state index in [1.54, 1.807) is 6.07 Å². The molecule has 0 saturated carbocycles. The first-order chi connectivity index (χ1) is 7.54. The van der Waals surface area contributed by atoms with Crippen molar-refractivity contribution in [2.24, 2.45) is 0 Å². The molecule has 1 aromatic heterocycles. The Balaban J connectivity index is 2.65. The van der Waals surface area contributed by atoms with Crippen LogP contribution >= 0.6 is 22.9 Å². The molecule has 88 valence electrons. The fourth-order valence-electron chi connectivity index (χ4n) is 1.05. The van der Waals surface area contributed by atoms with Crippen molar-refractivity contribution >= 4 is 34.8 Å². The Hall–Kier alpha value is -1.11. The minimum atomic E-state index is -1.18. The number of aliphatic hydroxyl groups excluding tert-OH is 1. The highest BCUT2D eigenvalue weighted by molar-refractivity contribution is 7.18. The van der Waals surface area contributed by atoms with Crippen molar-refractivity contribution in [3.63, 3.8) is 0 Å². The first-order valence-electron chi connectivity index (χ1n) is 4.44. The Morgan fingerprint density at radius 3 is 2.62 bits per heavy atom. The van der Waals surface area contributed by atoms with Gasteiger partial charge in [-0.1, -0.05) is 11.6 Å². The predicted molar refractivity (Wildman–Crippen MR) is 59.9 cm³/mol. The monoisotopic (exact) mass is 263 g/mol. The molecule has 0 aliphatic rings. The second-order valence-corrected chi connectivity index (χ2v) is 4.70. The van der Waals surface area contributed by atoms with E-state index in [2.05, 4.69) is 5.32 Å². The topological polar surface area (TPSA) is 86.6 Å². The zero-order valence-electron chi connectivity index (χ0n) is 8.14. The molecule has 0 spiro atoms. The van der Waals surface area contributed by atoms with Crippen LogP contribution in [0.2, 0.25) is 4.34 Å². The number of thiophene rings is 1. The van der Waals surface area contributed by atoms with Crippen molar-refractivity contribution < 1.29 is 19.8 Å². The average molecular weight is 264 g/mol. The van der Waals surface area contributed by atoms with Gasteiger partial charge in [0.15, 0.2) is 0 Å². The maximum atomic E-state index is 11.5. The molecule has 16 heavy (non-hydrogen) atoms. The number of halogens is 1. The van der Waals surface area contributed by atoms with Gasteiger partial charge in [0, 0.05) is 13.0 Å². The highest BCUT2D eigenvalue weighted by atomic mass is 35.5. The molecule has 0 saturated heterocycles. The SMILES string of the molecule is O=C(N[C@H](CCO)C(=O)O)c1ccc(Cl)s1. The molecule has 1 amide bonds. The number of carboxylic acid groups (broad SMARTS) is 1. The number of hydrogen-bond donors (Lipinski definition) is 3. The van der Waals surface area contributed by atoms with Crippen molar-refractivity contribution in [1.82, 2.24) is 5.32 Å². The molecule has 0 radical (unpaired) electrons. The van der Waals surface area contributed by atoms with Gasteiger partial charge in [0.25, 0.3) is 5.91 Å². The van der Waals surface area contributed by atoms with Crippen LogP contribution in [-0.4, -0.2) is 34.7 Å². The van der Waals surface area contributed by atoms with E-state index in [1.807, 2.05) is 0 Å². The van der Waals surface area contributed by atoms with E-state index in [0.29, 0.717) is 9.21 Å². The minimum Gasteiger partial charge on any atom is -0.480 e. The molecule has 1 rings (SSSR count).